The van der Waals surface area contributed by atoms with Crippen LogP contribution in [0.5, 0.6) is 0 Å². The fourth-order valence-corrected chi connectivity index (χ4v) is 8.72. The molecule has 11 rings (SSSR count). The van der Waals surface area contributed by atoms with Gasteiger partial charge in [0.25, 0.3) is 0 Å². The quantitative estimate of drug-likeness (QED) is 0.173. The first-order chi connectivity index (χ1) is 25.3. The maximum absolute atomic E-state index is 2.49. The summed E-state index contributed by atoms with van der Waals surface area (Å²) in [5.74, 6) is 0. The summed E-state index contributed by atoms with van der Waals surface area (Å²) < 4.78 is 0. The Morgan fingerprint density at radius 3 is 0.922 bits per heavy atom. The zero-order valence-electron chi connectivity index (χ0n) is 27.8. The molecular weight excluding hydrogens is 615 g/mol. The van der Waals surface area contributed by atoms with E-state index in [1.54, 1.807) is 0 Å². The lowest BCUT2D eigenvalue weighted by molar-refractivity contribution is 1.32. The van der Waals surface area contributed by atoms with Gasteiger partial charge in [-0.3, -0.25) is 0 Å². The van der Waals surface area contributed by atoms with Gasteiger partial charge in [-0.05, 0) is 111 Å². The Morgan fingerprint density at radius 1 is 0.216 bits per heavy atom. The molecule has 0 spiro atoms. The summed E-state index contributed by atoms with van der Waals surface area (Å²) in [6, 6.07) is 69.5. The average Bonchev–Trinajstić information content (AvgIpc) is 3.21. The van der Waals surface area contributed by atoms with E-state index in [9.17, 15) is 0 Å². The zero-order chi connectivity index (χ0) is 33.5. The second-order valence-electron chi connectivity index (χ2n) is 13.6. The summed E-state index contributed by atoms with van der Waals surface area (Å²) >= 11 is 0. The Balaban J connectivity index is 1.27. The molecule has 0 N–H and O–H groups in total. The van der Waals surface area contributed by atoms with Crippen LogP contribution in [0.1, 0.15) is 0 Å². The third-order valence-electron chi connectivity index (χ3n) is 11.0. The van der Waals surface area contributed by atoms with Crippen molar-refractivity contribution in [3.05, 3.63) is 188 Å². The predicted octanol–water partition coefficient (Wildman–Crippen LogP) is 14.4. The van der Waals surface area contributed by atoms with Gasteiger partial charge in [0, 0.05) is 16.8 Å². The van der Waals surface area contributed by atoms with E-state index in [0.29, 0.717) is 0 Å². The molecule has 0 atom stereocenters. The highest BCUT2D eigenvalue weighted by Crippen LogP contribution is 2.46. The van der Waals surface area contributed by atoms with E-state index >= 15 is 0 Å². The van der Waals surface area contributed by atoms with Crippen molar-refractivity contribution in [1.29, 1.82) is 0 Å². The smallest absolute Gasteiger partial charge is 0.0546 e. The molecule has 0 aromatic heterocycles. The Morgan fingerprint density at radius 2 is 0.510 bits per heavy atom. The van der Waals surface area contributed by atoms with Crippen LogP contribution in [0.4, 0.5) is 17.1 Å². The van der Waals surface area contributed by atoms with Gasteiger partial charge in [0.05, 0.1) is 5.69 Å². The summed E-state index contributed by atoms with van der Waals surface area (Å²) in [6.45, 7) is 0. The molecule has 0 aliphatic rings. The zero-order valence-corrected chi connectivity index (χ0v) is 27.8. The summed E-state index contributed by atoms with van der Waals surface area (Å²) in [5, 5.41) is 20.3. The number of benzene rings is 11. The molecule has 0 saturated heterocycles. The maximum atomic E-state index is 2.49. The van der Waals surface area contributed by atoms with Crippen molar-refractivity contribution in [1.82, 2.24) is 0 Å². The van der Waals surface area contributed by atoms with Crippen molar-refractivity contribution in [3.8, 4) is 0 Å². The Hall–Kier alpha value is -6.70. The third-order valence-corrected chi connectivity index (χ3v) is 11.0. The predicted molar refractivity (Wildman–Crippen MR) is 221 cm³/mol. The van der Waals surface area contributed by atoms with Crippen LogP contribution in [0, 0.1) is 0 Å². The molecule has 0 aliphatic heterocycles. The van der Waals surface area contributed by atoms with Crippen LogP contribution in [-0.2, 0) is 0 Å². The van der Waals surface area contributed by atoms with Gasteiger partial charge in [-0.1, -0.05) is 158 Å². The molecule has 0 saturated carbocycles. The first kappa shape index (κ1) is 28.2. The second-order valence-corrected chi connectivity index (χ2v) is 13.6. The van der Waals surface area contributed by atoms with Crippen LogP contribution < -0.4 is 4.90 Å². The van der Waals surface area contributed by atoms with Crippen molar-refractivity contribution in [3.63, 3.8) is 0 Å². The van der Waals surface area contributed by atoms with Crippen LogP contribution in [0.15, 0.2) is 188 Å². The molecule has 51 heavy (non-hydrogen) atoms. The molecule has 0 heterocycles. The standard InChI is InChI=1S/C50H31N/c1-2-14-35-32(13-1)29-50(47-24-12-11-15-36(35)47)51(33-25-27-45-41-20-5-3-16-37(41)39-18-7-9-22-43(39)48(45)30-33)34-26-28-46-42-21-6-4-17-38(42)40-19-8-10-23-44(40)49(46)31-34/h1-31H. The molecule has 11 aromatic carbocycles. The molecule has 0 unspecified atom stereocenters. The first-order valence-electron chi connectivity index (χ1n) is 17.7. The summed E-state index contributed by atoms with van der Waals surface area (Å²) in [5.41, 5.74) is 3.43. The minimum Gasteiger partial charge on any atom is -0.310 e. The van der Waals surface area contributed by atoms with Crippen molar-refractivity contribution in [2.45, 2.75) is 0 Å². The van der Waals surface area contributed by atoms with E-state index in [4.69, 9.17) is 0 Å². The van der Waals surface area contributed by atoms with E-state index in [1.807, 2.05) is 0 Å². The van der Waals surface area contributed by atoms with Gasteiger partial charge in [0.15, 0.2) is 0 Å². The number of fused-ring (bicyclic) bond motifs is 15. The van der Waals surface area contributed by atoms with E-state index in [1.165, 1.54) is 86.2 Å². The van der Waals surface area contributed by atoms with Gasteiger partial charge >= 0.3 is 0 Å². The van der Waals surface area contributed by atoms with Crippen molar-refractivity contribution in [2.24, 2.45) is 0 Å². The molecule has 0 aliphatic carbocycles. The minimum absolute atomic E-state index is 1.13. The molecule has 0 fully saturated rings. The molecule has 0 bridgehead atoms. The Bertz CT molecular complexity index is 2980. The molecule has 0 amide bonds. The van der Waals surface area contributed by atoms with Crippen LogP contribution >= 0.6 is 0 Å². The number of rotatable bonds is 3. The number of anilines is 3. The maximum Gasteiger partial charge on any atom is 0.0546 e. The topological polar surface area (TPSA) is 3.24 Å². The van der Waals surface area contributed by atoms with Crippen molar-refractivity contribution >= 4 is 103 Å². The SMILES string of the molecule is c1ccc2c(c1)cc(N(c1ccc3c4ccccc4c4ccccc4c3c1)c1ccc3c4ccccc4c4ccccc4c3c1)c1ccccc12. The van der Waals surface area contributed by atoms with Crippen LogP contribution in [0.3, 0.4) is 0 Å². The lowest BCUT2D eigenvalue weighted by Gasteiger charge is -2.28. The van der Waals surface area contributed by atoms with Gasteiger partial charge in [-0.15, -0.1) is 0 Å². The molecule has 236 valence electrons. The molecular formula is C50H31N. The third kappa shape index (κ3) is 4.16. The summed E-state index contributed by atoms with van der Waals surface area (Å²) in [4.78, 5) is 2.49. The summed E-state index contributed by atoms with van der Waals surface area (Å²) in [6.07, 6.45) is 0. The van der Waals surface area contributed by atoms with Crippen LogP contribution in [0.2, 0.25) is 0 Å². The number of hydrogen-bond donors (Lipinski definition) is 0. The lowest BCUT2D eigenvalue weighted by atomic mass is 9.93. The first-order valence-corrected chi connectivity index (χ1v) is 17.7. The highest BCUT2D eigenvalue weighted by molar-refractivity contribution is 6.27. The van der Waals surface area contributed by atoms with Crippen LogP contribution in [-0.4, -0.2) is 0 Å². The molecule has 1 nitrogen and oxygen atoms in total. The van der Waals surface area contributed by atoms with E-state index in [0.717, 1.165) is 17.1 Å². The number of nitrogens with zero attached hydrogens (tertiary/aromatic N) is 1. The summed E-state index contributed by atoms with van der Waals surface area (Å²) in [7, 11) is 0. The highest BCUT2D eigenvalue weighted by Gasteiger charge is 2.20. The Kier molecular flexibility index (Phi) is 6.02. The molecule has 0 radical (unpaired) electrons. The van der Waals surface area contributed by atoms with E-state index in [2.05, 4.69) is 193 Å². The van der Waals surface area contributed by atoms with Crippen molar-refractivity contribution < 1.29 is 0 Å². The largest absolute Gasteiger partial charge is 0.310 e. The monoisotopic (exact) mass is 645 g/mol. The normalized spacial score (nSPS) is 11.9. The highest BCUT2D eigenvalue weighted by atomic mass is 15.1. The van der Waals surface area contributed by atoms with E-state index in [-0.39, 0.29) is 0 Å². The van der Waals surface area contributed by atoms with Gasteiger partial charge in [0.2, 0.25) is 0 Å². The van der Waals surface area contributed by atoms with Gasteiger partial charge < -0.3 is 4.90 Å². The van der Waals surface area contributed by atoms with E-state index < -0.39 is 0 Å². The molecule has 11 aromatic rings. The minimum atomic E-state index is 1.13. The molecule has 1 heteroatoms. The van der Waals surface area contributed by atoms with Crippen LogP contribution in [0.25, 0.3) is 86.2 Å². The number of hydrogen-bond acceptors (Lipinski definition) is 1. The van der Waals surface area contributed by atoms with Crippen molar-refractivity contribution in [2.75, 3.05) is 4.90 Å². The fraction of sp³-hybridized carbons (Fsp3) is 0. The van der Waals surface area contributed by atoms with Gasteiger partial charge in [-0.25, -0.2) is 0 Å². The second kappa shape index (κ2) is 10.9. The lowest BCUT2D eigenvalue weighted by Crippen LogP contribution is -2.11. The van der Waals surface area contributed by atoms with Gasteiger partial charge in [0.1, 0.15) is 0 Å². The Labute approximate surface area is 295 Å². The van der Waals surface area contributed by atoms with Gasteiger partial charge in [-0.2, -0.15) is 0 Å². The average molecular weight is 646 g/mol. The fourth-order valence-electron chi connectivity index (χ4n) is 8.72.